The zero-order chi connectivity index (χ0) is 17.8. The SMILES string of the molecule is CC(C)(C)Oc1ccc(/C=N/NS(=O)(=O)c2ccc(Cl)cc2)cc1. The van der Waals surface area contributed by atoms with E-state index in [2.05, 4.69) is 9.93 Å². The molecular formula is C17H19ClN2O3S. The van der Waals surface area contributed by atoms with Crippen LogP contribution in [0, 0.1) is 0 Å². The first-order valence-corrected chi connectivity index (χ1v) is 9.11. The Morgan fingerprint density at radius 3 is 2.17 bits per heavy atom. The quantitative estimate of drug-likeness (QED) is 0.646. The van der Waals surface area contributed by atoms with Crippen LogP contribution in [0.25, 0.3) is 0 Å². The third kappa shape index (κ3) is 5.54. The Balaban J connectivity index is 2.02. The highest BCUT2D eigenvalue weighted by Crippen LogP contribution is 2.18. The third-order valence-electron chi connectivity index (χ3n) is 2.81. The average Bonchev–Trinajstić information content (AvgIpc) is 2.48. The molecule has 24 heavy (non-hydrogen) atoms. The Labute approximate surface area is 147 Å². The second kappa shape index (κ2) is 7.23. The van der Waals surface area contributed by atoms with E-state index in [1.165, 1.54) is 30.5 Å². The number of halogens is 1. The fourth-order valence-corrected chi connectivity index (χ4v) is 2.73. The van der Waals surface area contributed by atoms with Crippen LogP contribution in [0.4, 0.5) is 0 Å². The summed E-state index contributed by atoms with van der Waals surface area (Å²) in [7, 11) is -3.71. The van der Waals surface area contributed by atoms with Gasteiger partial charge in [-0.05, 0) is 74.9 Å². The van der Waals surface area contributed by atoms with E-state index in [1.54, 1.807) is 24.3 Å². The van der Waals surface area contributed by atoms with Crippen molar-refractivity contribution in [1.82, 2.24) is 4.83 Å². The summed E-state index contributed by atoms with van der Waals surface area (Å²) in [5.41, 5.74) is 0.471. The molecule has 0 aliphatic heterocycles. The molecule has 0 atom stereocenters. The van der Waals surface area contributed by atoms with Crippen molar-refractivity contribution in [3.63, 3.8) is 0 Å². The number of nitrogens with zero attached hydrogens (tertiary/aromatic N) is 1. The first-order valence-electron chi connectivity index (χ1n) is 7.25. The normalized spacial score (nSPS) is 12.3. The second-order valence-electron chi connectivity index (χ2n) is 6.09. The summed E-state index contributed by atoms with van der Waals surface area (Å²) in [4.78, 5) is 2.26. The molecule has 128 valence electrons. The van der Waals surface area contributed by atoms with Crippen molar-refractivity contribution in [2.75, 3.05) is 0 Å². The maximum absolute atomic E-state index is 12.1. The van der Waals surface area contributed by atoms with Gasteiger partial charge in [0.1, 0.15) is 11.4 Å². The molecule has 0 bridgehead atoms. The second-order valence-corrected chi connectivity index (χ2v) is 8.19. The number of benzene rings is 2. The highest BCUT2D eigenvalue weighted by Gasteiger charge is 2.12. The van der Waals surface area contributed by atoms with Gasteiger partial charge in [-0.25, -0.2) is 4.83 Å². The molecule has 0 saturated carbocycles. The summed E-state index contributed by atoms with van der Waals surface area (Å²) in [6.07, 6.45) is 1.42. The summed E-state index contributed by atoms with van der Waals surface area (Å²) >= 11 is 5.74. The molecule has 0 spiro atoms. The van der Waals surface area contributed by atoms with Gasteiger partial charge in [0.2, 0.25) is 0 Å². The van der Waals surface area contributed by atoms with Gasteiger partial charge in [0.15, 0.2) is 0 Å². The number of nitrogens with one attached hydrogen (secondary N) is 1. The highest BCUT2D eigenvalue weighted by molar-refractivity contribution is 7.89. The van der Waals surface area contributed by atoms with Crippen LogP contribution in [0.1, 0.15) is 26.3 Å². The lowest BCUT2D eigenvalue weighted by Gasteiger charge is -2.21. The Kier molecular flexibility index (Phi) is 5.51. The smallest absolute Gasteiger partial charge is 0.276 e. The number of hydrogen-bond donors (Lipinski definition) is 1. The summed E-state index contributed by atoms with van der Waals surface area (Å²) < 4.78 is 29.8. The first-order chi connectivity index (χ1) is 11.2. The van der Waals surface area contributed by atoms with Crippen molar-refractivity contribution in [2.24, 2.45) is 5.10 Å². The molecule has 5 nitrogen and oxygen atoms in total. The van der Waals surface area contributed by atoms with E-state index < -0.39 is 10.0 Å². The van der Waals surface area contributed by atoms with E-state index in [9.17, 15) is 8.42 Å². The molecule has 7 heteroatoms. The van der Waals surface area contributed by atoms with Crippen LogP contribution < -0.4 is 9.57 Å². The maximum atomic E-state index is 12.1. The van der Waals surface area contributed by atoms with Gasteiger partial charge in [-0.1, -0.05) is 11.6 Å². The van der Waals surface area contributed by atoms with E-state index in [4.69, 9.17) is 16.3 Å². The number of hydrazone groups is 1. The van der Waals surface area contributed by atoms with Crippen LogP contribution in [0.5, 0.6) is 5.75 Å². The predicted octanol–water partition coefficient (Wildman–Crippen LogP) is 3.83. The topological polar surface area (TPSA) is 67.8 Å². The van der Waals surface area contributed by atoms with Gasteiger partial charge in [0.25, 0.3) is 10.0 Å². The van der Waals surface area contributed by atoms with Crippen LogP contribution in [-0.4, -0.2) is 20.2 Å². The van der Waals surface area contributed by atoms with Crippen LogP contribution >= 0.6 is 11.6 Å². The Morgan fingerprint density at radius 1 is 1.04 bits per heavy atom. The van der Waals surface area contributed by atoms with Gasteiger partial charge in [0.05, 0.1) is 11.1 Å². The minimum atomic E-state index is -3.71. The van der Waals surface area contributed by atoms with Crippen LogP contribution in [0.2, 0.25) is 5.02 Å². The van der Waals surface area contributed by atoms with Gasteiger partial charge in [-0.15, -0.1) is 0 Å². The van der Waals surface area contributed by atoms with Crippen LogP contribution in [0.3, 0.4) is 0 Å². The summed E-state index contributed by atoms with van der Waals surface area (Å²) in [5.74, 6) is 0.737. The third-order valence-corrected chi connectivity index (χ3v) is 4.31. The van der Waals surface area contributed by atoms with Crippen LogP contribution in [-0.2, 0) is 10.0 Å². The van der Waals surface area contributed by atoms with Gasteiger partial charge in [-0.2, -0.15) is 13.5 Å². The Morgan fingerprint density at radius 2 is 1.62 bits per heavy atom. The molecule has 0 aliphatic rings. The molecule has 0 unspecified atom stereocenters. The van der Waals surface area contributed by atoms with E-state index in [0.717, 1.165) is 11.3 Å². The molecule has 0 saturated heterocycles. The molecule has 2 aromatic rings. The lowest BCUT2D eigenvalue weighted by molar-refractivity contribution is 0.131. The fourth-order valence-electron chi connectivity index (χ4n) is 1.81. The van der Waals surface area contributed by atoms with E-state index in [-0.39, 0.29) is 10.5 Å². The molecule has 0 amide bonds. The molecule has 0 heterocycles. The first kappa shape index (κ1) is 18.3. The number of hydrogen-bond acceptors (Lipinski definition) is 4. The molecule has 0 aliphatic carbocycles. The van der Waals surface area contributed by atoms with Crippen molar-refractivity contribution in [3.05, 3.63) is 59.1 Å². The monoisotopic (exact) mass is 366 g/mol. The average molecular weight is 367 g/mol. The zero-order valence-corrected chi connectivity index (χ0v) is 15.2. The van der Waals surface area contributed by atoms with Gasteiger partial charge >= 0.3 is 0 Å². The molecule has 0 fully saturated rings. The Bertz CT molecular complexity index is 808. The zero-order valence-electron chi connectivity index (χ0n) is 13.7. The highest BCUT2D eigenvalue weighted by atomic mass is 35.5. The molecular weight excluding hydrogens is 348 g/mol. The summed E-state index contributed by atoms with van der Waals surface area (Å²) in [6, 6.07) is 13.0. The molecule has 2 aromatic carbocycles. The van der Waals surface area contributed by atoms with E-state index in [0.29, 0.717) is 5.02 Å². The van der Waals surface area contributed by atoms with Gasteiger partial charge in [0, 0.05) is 5.02 Å². The molecule has 2 rings (SSSR count). The predicted molar refractivity (Wildman–Crippen MR) is 96.2 cm³/mol. The summed E-state index contributed by atoms with van der Waals surface area (Å²) in [5, 5.41) is 4.25. The van der Waals surface area contributed by atoms with Crippen molar-refractivity contribution < 1.29 is 13.2 Å². The molecule has 1 N–H and O–H groups in total. The minimum absolute atomic E-state index is 0.0953. The largest absolute Gasteiger partial charge is 0.488 e. The molecule has 0 radical (unpaired) electrons. The number of sulfonamides is 1. The minimum Gasteiger partial charge on any atom is -0.488 e. The van der Waals surface area contributed by atoms with E-state index >= 15 is 0 Å². The molecule has 0 aromatic heterocycles. The standard InChI is InChI=1S/C17H19ClN2O3S/c1-17(2,3)23-15-8-4-13(5-9-15)12-19-20-24(21,22)16-10-6-14(18)7-11-16/h4-12,20H,1-3H3/b19-12+. The maximum Gasteiger partial charge on any atom is 0.276 e. The lowest BCUT2D eigenvalue weighted by Crippen LogP contribution is -2.22. The van der Waals surface area contributed by atoms with E-state index in [1.807, 2.05) is 20.8 Å². The van der Waals surface area contributed by atoms with Crippen molar-refractivity contribution in [1.29, 1.82) is 0 Å². The van der Waals surface area contributed by atoms with Crippen LogP contribution in [0.15, 0.2) is 58.5 Å². The summed E-state index contributed by atoms with van der Waals surface area (Å²) in [6.45, 7) is 5.90. The van der Waals surface area contributed by atoms with Crippen molar-refractivity contribution in [2.45, 2.75) is 31.3 Å². The van der Waals surface area contributed by atoms with Gasteiger partial charge in [-0.3, -0.25) is 0 Å². The Hall–Kier alpha value is -2.05. The van der Waals surface area contributed by atoms with Crippen molar-refractivity contribution >= 4 is 27.8 Å². The lowest BCUT2D eigenvalue weighted by atomic mass is 10.2. The van der Waals surface area contributed by atoms with Crippen molar-refractivity contribution in [3.8, 4) is 5.75 Å². The fraction of sp³-hybridized carbons (Fsp3) is 0.235. The number of ether oxygens (including phenoxy) is 1. The van der Waals surface area contributed by atoms with Gasteiger partial charge < -0.3 is 4.74 Å². The number of rotatable bonds is 5.